The zero-order valence-corrected chi connectivity index (χ0v) is 7.49. The number of nitrogens with zero attached hydrogens (tertiary/aromatic N) is 3. The van der Waals surface area contributed by atoms with Gasteiger partial charge in [-0.3, -0.25) is 0 Å². The molecule has 1 rings (SSSR count). The van der Waals surface area contributed by atoms with Crippen molar-refractivity contribution in [2.75, 3.05) is 20.6 Å². The van der Waals surface area contributed by atoms with E-state index in [0.717, 1.165) is 6.54 Å². The molecule has 0 spiro atoms. The van der Waals surface area contributed by atoms with Crippen molar-refractivity contribution in [2.24, 2.45) is 0 Å². The fourth-order valence-corrected chi connectivity index (χ4v) is 1.22. The lowest BCUT2D eigenvalue weighted by atomic mass is 9.75. The van der Waals surface area contributed by atoms with Crippen molar-refractivity contribution in [1.29, 1.82) is 0 Å². The van der Waals surface area contributed by atoms with Gasteiger partial charge in [0.25, 0.3) is 22.6 Å². The van der Waals surface area contributed by atoms with E-state index in [4.69, 9.17) is 0 Å². The molecule has 3 nitrogen and oxygen atoms in total. The van der Waals surface area contributed by atoms with E-state index in [9.17, 15) is 0 Å². The zero-order chi connectivity index (χ0) is 8.27. The summed E-state index contributed by atoms with van der Waals surface area (Å²) < 4.78 is 6.28. The van der Waals surface area contributed by atoms with Gasteiger partial charge in [-0.05, 0) is 27.1 Å². The average Bonchev–Trinajstić information content (AvgIpc) is 1.85. The topological polar surface area (TPSA) is 9.72 Å². The Morgan fingerprint density at radius 3 is 2.00 bits per heavy atom. The lowest BCUT2D eigenvalue weighted by Gasteiger charge is -2.35. The van der Waals surface area contributed by atoms with Crippen molar-refractivity contribution < 1.29 is 0 Å². The summed E-state index contributed by atoms with van der Waals surface area (Å²) in [6, 6.07) is 0. The summed E-state index contributed by atoms with van der Waals surface area (Å²) in [7, 11) is 10.3. The van der Waals surface area contributed by atoms with E-state index in [1.165, 1.54) is 6.42 Å². The largest absolute Gasteiger partial charge is 0.367 e. The summed E-state index contributed by atoms with van der Waals surface area (Å²) in [5.74, 6) is 0. The van der Waals surface area contributed by atoms with Gasteiger partial charge in [0.2, 0.25) is 0 Å². The predicted octanol–water partition coefficient (Wildman–Crippen LogP) is -0.822. The molecule has 1 heterocycles. The van der Waals surface area contributed by atoms with Gasteiger partial charge < -0.3 is 14.2 Å². The van der Waals surface area contributed by atoms with E-state index in [1.807, 2.05) is 21.6 Å². The molecule has 1 aliphatic rings. The summed E-state index contributed by atoms with van der Waals surface area (Å²) in [5.41, 5.74) is 0. The minimum atomic E-state index is 1.09. The summed E-state index contributed by atoms with van der Waals surface area (Å²) in [6.07, 6.45) is 1.18. The molecule has 0 saturated carbocycles. The lowest BCUT2D eigenvalue weighted by molar-refractivity contribution is 0.537. The Bertz CT molecular complexity index is 114. The van der Waals surface area contributed by atoms with Gasteiger partial charge in [0.05, 0.1) is 0 Å². The summed E-state index contributed by atoms with van der Waals surface area (Å²) in [6.45, 7) is 3.27. The van der Waals surface area contributed by atoms with Crippen molar-refractivity contribution in [2.45, 2.75) is 13.3 Å². The highest BCUT2D eigenvalue weighted by Gasteiger charge is 2.22. The van der Waals surface area contributed by atoms with Gasteiger partial charge >= 0.3 is 0 Å². The molecule has 0 aromatic heterocycles. The van der Waals surface area contributed by atoms with Crippen LogP contribution in [0.5, 0.6) is 0 Å². The molecule has 0 aromatic carbocycles. The molecule has 0 bridgehead atoms. The van der Waals surface area contributed by atoms with Crippen molar-refractivity contribution >= 4 is 22.6 Å². The second-order valence-corrected chi connectivity index (χ2v) is 2.92. The molecule has 1 aliphatic heterocycles. The summed E-state index contributed by atoms with van der Waals surface area (Å²) in [5, 5.41) is 0. The van der Waals surface area contributed by atoms with E-state index >= 15 is 0 Å². The monoisotopic (exact) mass is 148 g/mol. The van der Waals surface area contributed by atoms with Crippen molar-refractivity contribution in [3.8, 4) is 0 Å². The van der Waals surface area contributed by atoms with Gasteiger partial charge in [0.15, 0.2) is 0 Å². The average molecular weight is 148 g/mol. The van der Waals surface area contributed by atoms with Crippen LogP contribution in [-0.4, -0.2) is 57.5 Å². The van der Waals surface area contributed by atoms with E-state index in [0.29, 0.717) is 0 Å². The molecule has 0 atom stereocenters. The van der Waals surface area contributed by atoms with Gasteiger partial charge in [-0.15, -0.1) is 0 Å². The number of rotatable bonds is 2. The third-order valence-corrected chi connectivity index (χ3v) is 1.51. The molecular formula is C5H13B3N3. The molecule has 57 valence electrons. The number of hydrogen-bond acceptors (Lipinski definition) is 3. The van der Waals surface area contributed by atoms with Gasteiger partial charge in [0, 0.05) is 0 Å². The molecule has 0 amide bonds. The molecule has 0 unspecified atom stereocenters. The summed E-state index contributed by atoms with van der Waals surface area (Å²) in [4.78, 5) is 0. The van der Waals surface area contributed by atoms with E-state index in [2.05, 4.69) is 36.2 Å². The van der Waals surface area contributed by atoms with Crippen LogP contribution in [0.1, 0.15) is 13.3 Å². The fraction of sp³-hybridized carbons (Fsp3) is 1.00. The molecule has 0 aliphatic carbocycles. The maximum Gasteiger partial charge on any atom is 0.289 e. The molecule has 1 fully saturated rings. The second-order valence-electron chi connectivity index (χ2n) is 2.92. The van der Waals surface area contributed by atoms with Crippen LogP contribution in [-0.2, 0) is 0 Å². The molecule has 3 radical (unpaired) electrons. The van der Waals surface area contributed by atoms with Gasteiger partial charge in [0.1, 0.15) is 0 Å². The van der Waals surface area contributed by atoms with Crippen LogP contribution < -0.4 is 0 Å². The first kappa shape index (κ1) is 9.17. The molecule has 0 aromatic rings. The maximum absolute atomic E-state index is 2.18. The highest BCUT2D eigenvalue weighted by atomic mass is 15.2. The van der Waals surface area contributed by atoms with Crippen LogP contribution in [0.25, 0.3) is 0 Å². The van der Waals surface area contributed by atoms with Crippen LogP contribution in [0.2, 0.25) is 0 Å². The summed E-state index contributed by atoms with van der Waals surface area (Å²) >= 11 is 0. The van der Waals surface area contributed by atoms with E-state index < -0.39 is 0 Å². The fourth-order valence-electron chi connectivity index (χ4n) is 1.22. The molecular weight excluding hydrogens is 135 g/mol. The van der Waals surface area contributed by atoms with Gasteiger partial charge in [-0.25, -0.2) is 0 Å². The normalized spacial score (nSPS) is 22.1. The SMILES string of the molecule is CCCN1[B]N(C)[B]N(C)[B]1. The van der Waals surface area contributed by atoms with Gasteiger partial charge in [-0.1, -0.05) is 6.92 Å². The Balaban J connectivity index is 2.30. The van der Waals surface area contributed by atoms with Crippen LogP contribution >= 0.6 is 0 Å². The second kappa shape index (κ2) is 4.19. The van der Waals surface area contributed by atoms with Crippen LogP contribution in [0.15, 0.2) is 0 Å². The lowest BCUT2D eigenvalue weighted by Crippen LogP contribution is -2.58. The molecule has 0 N–H and O–H groups in total. The third kappa shape index (κ3) is 2.89. The zero-order valence-electron chi connectivity index (χ0n) is 7.49. The quantitative estimate of drug-likeness (QED) is 0.473. The first-order chi connectivity index (χ1) is 5.22. The van der Waals surface area contributed by atoms with Crippen molar-refractivity contribution in [3.05, 3.63) is 0 Å². The Labute approximate surface area is 71.6 Å². The van der Waals surface area contributed by atoms with E-state index in [1.54, 1.807) is 0 Å². The van der Waals surface area contributed by atoms with Crippen LogP contribution in [0.3, 0.4) is 0 Å². The Kier molecular flexibility index (Phi) is 3.49. The van der Waals surface area contributed by atoms with E-state index in [-0.39, 0.29) is 0 Å². The highest BCUT2D eigenvalue weighted by Crippen LogP contribution is 1.96. The first-order valence-electron chi connectivity index (χ1n) is 3.97. The minimum absolute atomic E-state index is 1.09. The smallest absolute Gasteiger partial charge is 0.289 e. The molecule has 11 heavy (non-hydrogen) atoms. The van der Waals surface area contributed by atoms with Gasteiger partial charge in [-0.2, -0.15) is 0 Å². The Hall–Kier alpha value is 0.0748. The first-order valence-corrected chi connectivity index (χ1v) is 3.97. The van der Waals surface area contributed by atoms with Crippen molar-refractivity contribution in [3.63, 3.8) is 0 Å². The van der Waals surface area contributed by atoms with Crippen LogP contribution in [0.4, 0.5) is 0 Å². The Morgan fingerprint density at radius 2 is 1.55 bits per heavy atom. The maximum atomic E-state index is 2.18. The Morgan fingerprint density at radius 1 is 1.00 bits per heavy atom. The predicted molar refractivity (Wildman–Crippen MR) is 49.8 cm³/mol. The minimum Gasteiger partial charge on any atom is -0.367 e. The molecule has 1 saturated heterocycles. The molecule has 6 heteroatoms. The highest BCUT2D eigenvalue weighted by molar-refractivity contribution is 6.64. The third-order valence-electron chi connectivity index (χ3n) is 1.51. The van der Waals surface area contributed by atoms with Crippen LogP contribution in [0, 0.1) is 0 Å². The standard InChI is InChI=1S/C5H13B3N3/c1-4-5-11-7-9(2)6-10(3)8-11/h4-5H2,1-3H3. The van der Waals surface area contributed by atoms with Crippen molar-refractivity contribution in [1.82, 2.24) is 14.2 Å². The number of hydrogen-bond donors (Lipinski definition) is 0.